The van der Waals surface area contributed by atoms with E-state index < -0.39 is 45.3 Å². The van der Waals surface area contributed by atoms with Crippen LogP contribution in [-0.4, -0.2) is 16.1 Å². The van der Waals surface area contributed by atoms with Crippen molar-refractivity contribution in [2.24, 2.45) is 5.92 Å². The van der Waals surface area contributed by atoms with Crippen LogP contribution in [-0.2, 0) is 4.79 Å². The Bertz CT molecular complexity index is 1280. The quantitative estimate of drug-likeness (QED) is 0.290. The van der Waals surface area contributed by atoms with Gasteiger partial charge in [-0.15, -0.1) is 23.2 Å². The maximum atomic E-state index is 13.9. The Morgan fingerprint density at radius 3 is 2.26 bits per heavy atom. The zero-order chi connectivity index (χ0) is 24.8. The van der Waals surface area contributed by atoms with Crippen LogP contribution in [0.25, 0.3) is 0 Å². The number of hydrogen-bond donors (Lipinski definition) is 2. The van der Waals surface area contributed by atoms with E-state index in [9.17, 15) is 18.4 Å². The molecule has 0 aliphatic heterocycles. The third kappa shape index (κ3) is 5.04. The summed E-state index contributed by atoms with van der Waals surface area (Å²) in [6.07, 6.45) is 0. The molecule has 3 aromatic carbocycles. The lowest BCUT2D eigenvalue weighted by Crippen LogP contribution is -2.18. The van der Waals surface area contributed by atoms with Crippen molar-refractivity contribution in [3.05, 3.63) is 91.9 Å². The molecule has 4 nitrogen and oxygen atoms in total. The van der Waals surface area contributed by atoms with Crippen LogP contribution in [0, 0.1) is 17.6 Å². The lowest BCUT2D eigenvalue weighted by atomic mass is 10.1. The highest BCUT2D eigenvalue weighted by Gasteiger charge is 2.67. The van der Waals surface area contributed by atoms with Gasteiger partial charge in [-0.2, -0.15) is 0 Å². The summed E-state index contributed by atoms with van der Waals surface area (Å²) in [6, 6.07) is 12.5. The van der Waals surface area contributed by atoms with Crippen molar-refractivity contribution in [2.75, 3.05) is 10.6 Å². The Balaban J connectivity index is 1.53. The third-order valence-corrected chi connectivity index (χ3v) is 7.21. The fourth-order valence-corrected chi connectivity index (χ4v) is 5.54. The number of rotatable bonds is 5. The van der Waals surface area contributed by atoms with Gasteiger partial charge in [-0.25, -0.2) is 8.78 Å². The van der Waals surface area contributed by atoms with Gasteiger partial charge in [0.05, 0.1) is 16.5 Å². The van der Waals surface area contributed by atoms with Gasteiger partial charge in [0.2, 0.25) is 5.91 Å². The predicted molar refractivity (Wildman–Crippen MR) is 134 cm³/mol. The van der Waals surface area contributed by atoms with E-state index in [-0.39, 0.29) is 16.3 Å². The number of alkyl halides is 2. The summed E-state index contributed by atoms with van der Waals surface area (Å²) in [7, 11) is 0. The molecule has 2 unspecified atom stereocenters. The van der Waals surface area contributed by atoms with E-state index in [2.05, 4.69) is 26.6 Å². The second kappa shape index (κ2) is 9.63. The highest BCUT2D eigenvalue weighted by molar-refractivity contribution is 9.10. The molecular formula is C23H13BrCl4F2N2O2. The zero-order valence-corrected chi connectivity index (χ0v) is 21.4. The fraction of sp³-hybridized carbons (Fsp3) is 0.130. The first kappa shape index (κ1) is 25.2. The lowest BCUT2D eigenvalue weighted by molar-refractivity contribution is -0.117. The van der Waals surface area contributed by atoms with Gasteiger partial charge < -0.3 is 10.6 Å². The van der Waals surface area contributed by atoms with E-state index >= 15 is 0 Å². The molecule has 0 aromatic heterocycles. The molecule has 0 radical (unpaired) electrons. The van der Waals surface area contributed by atoms with Crippen molar-refractivity contribution in [2.45, 2.75) is 10.3 Å². The maximum Gasteiger partial charge on any atom is 0.257 e. The largest absolute Gasteiger partial charge is 0.326 e. The lowest BCUT2D eigenvalue weighted by Gasteiger charge is -2.11. The molecule has 0 saturated heterocycles. The van der Waals surface area contributed by atoms with Gasteiger partial charge in [0.1, 0.15) is 21.7 Å². The van der Waals surface area contributed by atoms with Gasteiger partial charge in [0.25, 0.3) is 5.91 Å². The number of amides is 2. The monoisotopic (exact) mass is 606 g/mol. The van der Waals surface area contributed by atoms with Crippen molar-refractivity contribution < 1.29 is 18.4 Å². The summed E-state index contributed by atoms with van der Waals surface area (Å²) in [6.45, 7) is 0. The Hall–Kier alpha value is -1.90. The molecule has 1 aliphatic carbocycles. The molecule has 2 N–H and O–H groups in total. The number of halogens is 7. The molecule has 11 heteroatoms. The van der Waals surface area contributed by atoms with Crippen molar-refractivity contribution in [3.8, 4) is 0 Å². The molecule has 3 aromatic rings. The molecular weight excluding hydrogens is 596 g/mol. The Kier molecular flexibility index (Phi) is 7.14. The highest BCUT2D eigenvalue weighted by Crippen LogP contribution is 2.65. The highest BCUT2D eigenvalue weighted by atomic mass is 79.9. The summed E-state index contributed by atoms with van der Waals surface area (Å²) in [5.41, 5.74) is 0.194. The van der Waals surface area contributed by atoms with E-state index in [1.807, 2.05) is 0 Å². The standard InChI is InChI=1S/C23H13BrCl4F2N2O2/c24-11-6-10(7-12(25)8-11)18-19(23(18,27)28)22(34)31-13-4-5-15(26)14(9-13)21(33)32-20-16(29)2-1-3-17(20)30/h1-9,18-19H,(H,31,34)(H,32,33). The predicted octanol–water partition coefficient (Wildman–Crippen LogP) is 7.81. The molecule has 4 rings (SSSR count). The van der Waals surface area contributed by atoms with Crippen LogP contribution in [0.3, 0.4) is 0 Å². The number of carbonyl (C=O) groups excluding carboxylic acids is 2. The van der Waals surface area contributed by atoms with Crippen LogP contribution in [0.15, 0.2) is 59.1 Å². The van der Waals surface area contributed by atoms with E-state index in [4.69, 9.17) is 46.4 Å². The molecule has 0 bridgehead atoms. The summed E-state index contributed by atoms with van der Waals surface area (Å²) in [4.78, 5) is 25.6. The molecule has 2 atom stereocenters. The van der Waals surface area contributed by atoms with Crippen LogP contribution in [0.5, 0.6) is 0 Å². The summed E-state index contributed by atoms with van der Waals surface area (Å²) in [5, 5.41) is 5.29. The molecule has 2 amide bonds. The summed E-state index contributed by atoms with van der Waals surface area (Å²) in [5.74, 6) is -4.53. The second-order valence-corrected chi connectivity index (χ2v) is 10.8. The molecule has 1 fully saturated rings. The Morgan fingerprint density at radius 2 is 1.62 bits per heavy atom. The Morgan fingerprint density at radius 1 is 0.941 bits per heavy atom. The number of nitrogens with one attached hydrogen (secondary N) is 2. The van der Waals surface area contributed by atoms with Crippen LogP contribution < -0.4 is 10.6 Å². The topological polar surface area (TPSA) is 58.2 Å². The van der Waals surface area contributed by atoms with Crippen molar-refractivity contribution in [3.63, 3.8) is 0 Å². The first-order valence-corrected chi connectivity index (χ1v) is 12.0. The second-order valence-electron chi connectivity index (χ2n) is 7.57. The van der Waals surface area contributed by atoms with Crippen LogP contribution >= 0.6 is 62.3 Å². The van der Waals surface area contributed by atoms with E-state index in [1.54, 1.807) is 18.2 Å². The molecule has 0 spiro atoms. The number of benzene rings is 3. The Labute approximate surface area is 221 Å². The van der Waals surface area contributed by atoms with Gasteiger partial charge in [-0.1, -0.05) is 45.2 Å². The summed E-state index contributed by atoms with van der Waals surface area (Å²) < 4.78 is 27.1. The fourth-order valence-electron chi connectivity index (χ4n) is 3.62. The minimum atomic E-state index is -1.36. The van der Waals surface area contributed by atoms with Gasteiger partial charge in [-0.05, 0) is 54.1 Å². The molecule has 176 valence electrons. The number of anilines is 2. The smallest absolute Gasteiger partial charge is 0.257 e. The van der Waals surface area contributed by atoms with Crippen molar-refractivity contribution >= 4 is 85.5 Å². The average Bonchev–Trinajstić information content (AvgIpc) is 3.33. The normalized spacial score (nSPS) is 18.3. The van der Waals surface area contributed by atoms with Gasteiger partial charge >= 0.3 is 0 Å². The third-order valence-electron chi connectivity index (χ3n) is 5.26. The molecule has 0 heterocycles. The average molecular weight is 609 g/mol. The summed E-state index contributed by atoms with van der Waals surface area (Å²) >= 11 is 28.3. The van der Waals surface area contributed by atoms with Crippen LogP contribution in [0.2, 0.25) is 10.0 Å². The SMILES string of the molecule is O=C(Nc1c(F)cccc1F)c1cc(NC(=O)C2C(c3cc(Cl)cc(Br)c3)C2(Cl)Cl)ccc1Cl. The number of carbonyl (C=O) groups is 2. The van der Waals surface area contributed by atoms with E-state index in [0.29, 0.717) is 15.1 Å². The van der Waals surface area contributed by atoms with Gasteiger partial charge in [-0.3, -0.25) is 9.59 Å². The molecule has 1 aliphatic rings. The number of hydrogen-bond acceptors (Lipinski definition) is 2. The minimum absolute atomic E-state index is 0.0179. The minimum Gasteiger partial charge on any atom is -0.326 e. The van der Waals surface area contributed by atoms with Crippen LogP contribution in [0.4, 0.5) is 20.2 Å². The van der Waals surface area contributed by atoms with Crippen molar-refractivity contribution in [1.29, 1.82) is 0 Å². The molecule has 1 saturated carbocycles. The zero-order valence-electron chi connectivity index (χ0n) is 16.8. The van der Waals surface area contributed by atoms with Gasteiger partial charge in [0.15, 0.2) is 0 Å². The van der Waals surface area contributed by atoms with Gasteiger partial charge in [0, 0.05) is 21.1 Å². The maximum absolute atomic E-state index is 13.9. The van der Waals surface area contributed by atoms with Crippen LogP contribution in [0.1, 0.15) is 21.8 Å². The van der Waals surface area contributed by atoms with E-state index in [0.717, 1.165) is 12.1 Å². The van der Waals surface area contributed by atoms with Crippen molar-refractivity contribution in [1.82, 2.24) is 0 Å². The van der Waals surface area contributed by atoms with E-state index in [1.165, 1.54) is 24.3 Å². The first-order chi connectivity index (χ1) is 16.0. The first-order valence-electron chi connectivity index (χ1n) is 9.68. The molecule has 34 heavy (non-hydrogen) atoms. The number of para-hydroxylation sites is 1.